The summed E-state index contributed by atoms with van der Waals surface area (Å²) in [4.78, 5) is 44.4. The van der Waals surface area contributed by atoms with E-state index < -0.39 is 23.5 Å². The summed E-state index contributed by atoms with van der Waals surface area (Å²) >= 11 is 0. The summed E-state index contributed by atoms with van der Waals surface area (Å²) in [6.07, 6.45) is 1.36. The maximum absolute atomic E-state index is 12.5. The van der Waals surface area contributed by atoms with E-state index >= 15 is 0 Å². The number of carbonyl (C=O) groups is 3. The highest BCUT2D eigenvalue weighted by Crippen LogP contribution is 2.25. The van der Waals surface area contributed by atoms with Gasteiger partial charge in [0.05, 0.1) is 13.7 Å². The second-order valence-electron chi connectivity index (χ2n) is 9.22. The third kappa shape index (κ3) is 9.46. The van der Waals surface area contributed by atoms with E-state index in [9.17, 15) is 14.4 Å². The number of hydrogen-bond donors (Lipinski definition) is 2. The molecule has 0 aliphatic carbocycles. The number of nitrogens with one attached hydrogen (secondary N) is 2. The fourth-order valence-electron chi connectivity index (χ4n) is 3.14. The highest BCUT2D eigenvalue weighted by Gasteiger charge is 2.18. The lowest BCUT2D eigenvalue weighted by atomic mass is 10.2. The molecule has 0 saturated heterocycles. The van der Waals surface area contributed by atoms with Gasteiger partial charge >= 0.3 is 17.9 Å². The summed E-state index contributed by atoms with van der Waals surface area (Å²) in [7, 11) is 1.29. The van der Waals surface area contributed by atoms with Gasteiger partial charge in [0.1, 0.15) is 22.7 Å². The van der Waals surface area contributed by atoms with E-state index in [1.807, 2.05) is 0 Å². The monoisotopic (exact) mass is 552 g/mol. The highest BCUT2D eigenvalue weighted by molar-refractivity contribution is 5.95. The van der Waals surface area contributed by atoms with Gasteiger partial charge in [0, 0.05) is 17.6 Å². The molecule has 212 valence electrons. The molecule has 40 heavy (non-hydrogen) atoms. The molecule has 0 unspecified atom stereocenters. The van der Waals surface area contributed by atoms with Crippen LogP contribution in [0, 0.1) is 0 Å². The maximum Gasteiger partial charge on any atom is 0.344 e. The van der Waals surface area contributed by atoms with E-state index in [4.69, 9.17) is 18.9 Å². The van der Waals surface area contributed by atoms with Crippen LogP contribution in [0.1, 0.15) is 38.1 Å². The van der Waals surface area contributed by atoms with Crippen molar-refractivity contribution in [3.63, 3.8) is 0 Å². The fourth-order valence-corrected chi connectivity index (χ4v) is 3.14. The van der Waals surface area contributed by atoms with Crippen LogP contribution in [0.2, 0.25) is 0 Å². The molecule has 0 saturated carbocycles. The van der Waals surface area contributed by atoms with Crippen molar-refractivity contribution in [1.29, 1.82) is 0 Å². The lowest BCUT2D eigenvalue weighted by molar-refractivity contribution is -0.157. The van der Waals surface area contributed by atoms with Crippen LogP contribution in [0.4, 0.5) is 23.1 Å². The minimum Gasteiger partial charge on any atom is -0.482 e. The van der Waals surface area contributed by atoms with Gasteiger partial charge in [-0.25, -0.2) is 19.4 Å². The molecule has 0 aliphatic heterocycles. The lowest BCUT2D eigenvalue weighted by Crippen LogP contribution is -2.27. The molecule has 0 amide bonds. The van der Waals surface area contributed by atoms with Gasteiger partial charge in [-0.3, -0.25) is 0 Å². The standard InChI is InChI=1S/C28H32N4O8/c1-6-37-26(35)22-15-29-27(31-19-9-13-20(14-10-19)38-16-23(33)36-5)32-25(22)30-18-7-11-21(12-8-18)39-17-24(34)40-28(2,3)4/h7-15H,6,16-17H2,1-5H3,(H2,29,30,31,32). The second-order valence-corrected chi connectivity index (χ2v) is 9.22. The average molecular weight is 553 g/mol. The zero-order valence-corrected chi connectivity index (χ0v) is 23.0. The topological polar surface area (TPSA) is 147 Å². The van der Waals surface area contributed by atoms with Crippen LogP contribution < -0.4 is 20.1 Å². The molecule has 0 atom stereocenters. The van der Waals surface area contributed by atoms with Gasteiger partial charge in [-0.05, 0) is 76.2 Å². The van der Waals surface area contributed by atoms with Gasteiger partial charge < -0.3 is 34.3 Å². The third-order valence-electron chi connectivity index (χ3n) is 4.87. The first-order chi connectivity index (χ1) is 19.1. The summed E-state index contributed by atoms with van der Waals surface area (Å²) in [5, 5.41) is 6.16. The van der Waals surface area contributed by atoms with Crippen molar-refractivity contribution in [2.75, 3.05) is 37.6 Å². The van der Waals surface area contributed by atoms with Crippen LogP contribution in [0.3, 0.4) is 0 Å². The molecule has 0 spiro atoms. The smallest absolute Gasteiger partial charge is 0.344 e. The Bertz CT molecular complexity index is 1310. The summed E-state index contributed by atoms with van der Waals surface area (Å²) in [5.41, 5.74) is 0.794. The van der Waals surface area contributed by atoms with Crippen LogP contribution in [-0.4, -0.2) is 60.4 Å². The lowest BCUT2D eigenvalue weighted by Gasteiger charge is -2.19. The second kappa shape index (κ2) is 13.8. The van der Waals surface area contributed by atoms with Crippen molar-refractivity contribution in [3.8, 4) is 11.5 Å². The Morgan fingerprint density at radius 3 is 1.90 bits per heavy atom. The molecule has 0 bridgehead atoms. The first kappa shape index (κ1) is 29.7. The predicted molar refractivity (Wildman–Crippen MR) is 146 cm³/mol. The molecule has 3 rings (SSSR count). The molecular formula is C28H32N4O8. The van der Waals surface area contributed by atoms with Crippen molar-refractivity contribution in [2.45, 2.75) is 33.3 Å². The molecule has 0 fully saturated rings. The van der Waals surface area contributed by atoms with Crippen molar-refractivity contribution < 1.29 is 38.1 Å². The average Bonchev–Trinajstić information content (AvgIpc) is 2.91. The van der Waals surface area contributed by atoms with Crippen molar-refractivity contribution in [3.05, 3.63) is 60.3 Å². The summed E-state index contributed by atoms with van der Waals surface area (Å²) in [6.45, 7) is 6.81. The third-order valence-corrected chi connectivity index (χ3v) is 4.87. The Morgan fingerprint density at radius 2 is 1.38 bits per heavy atom. The number of anilines is 4. The van der Waals surface area contributed by atoms with Crippen molar-refractivity contribution in [2.24, 2.45) is 0 Å². The van der Waals surface area contributed by atoms with E-state index in [0.29, 0.717) is 22.9 Å². The number of ether oxygens (including phenoxy) is 5. The van der Waals surface area contributed by atoms with E-state index in [2.05, 4.69) is 25.3 Å². The maximum atomic E-state index is 12.5. The first-order valence-electron chi connectivity index (χ1n) is 12.4. The zero-order chi connectivity index (χ0) is 29.1. The number of nitrogens with zero attached hydrogens (tertiary/aromatic N) is 2. The summed E-state index contributed by atoms with van der Waals surface area (Å²) < 4.78 is 25.8. The van der Waals surface area contributed by atoms with E-state index in [-0.39, 0.29) is 37.2 Å². The van der Waals surface area contributed by atoms with Crippen LogP contribution in [0.5, 0.6) is 11.5 Å². The Labute approximate surface area is 232 Å². The molecule has 12 nitrogen and oxygen atoms in total. The Morgan fingerprint density at radius 1 is 0.825 bits per heavy atom. The van der Waals surface area contributed by atoms with Crippen LogP contribution in [0.25, 0.3) is 0 Å². The quantitative estimate of drug-likeness (QED) is 0.242. The molecule has 2 N–H and O–H groups in total. The number of carbonyl (C=O) groups excluding carboxylic acids is 3. The molecule has 1 aromatic heterocycles. The Kier molecular flexibility index (Phi) is 10.2. The Balaban J connectivity index is 1.71. The van der Waals surface area contributed by atoms with E-state index in [0.717, 1.165) is 0 Å². The van der Waals surface area contributed by atoms with Gasteiger partial charge in [-0.15, -0.1) is 0 Å². The summed E-state index contributed by atoms with van der Waals surface area (Å²) in [6, 6.07) is 13.5. The Hall–Kier alpha value is -4.87. The molecular weight excluding hydrogens is 520 g/mol. The number of esters is 3. The molecule has 12 heteroatoms. The van der Waals surface area contributed by atoms with Gasteiger partial charge in [0.2, 0.25) is 5.95 Å². The minimum atomic E-state index is -0.598. The minimum absolute atomic E-state index is 0.143. The fraction of sp³-hybridized carbons (Fsp3) is 0.321. The van der Waals surface area contributed by atoms with E-state index in [1.54, 1.807) is 76.2 Å². The number of benzene rings is 2. The molecule has 0 radical (unpaired) electrons. The predicted octanol–water partition coefficient (Wildman–Crippen LogP) is 4.41. The van der Waals surface area contributed by atoms with Crippen LogP contribution in [-0.2, 0) is 23.8 Å². The SMILES string of the molecule is CCOC(=O)c1cnc(Nc2ccc(OCC(=O)OC)cc2)nc1Nc1ccc(OCC(=O)OC(C)(C)C)cc1. The number of hydrogen-bond acceptors (Lipinski definition) is 12. The summed E-state index contributed by atoms with van der Waals surface area (Å²) in [5.74, 6) is -0.159. The molecule has 1 heterocycles. The molecule has 3 aromatic rings. The van der Waals surface area contributed by atoms with Crippen molar-refractivity contribution in [1.82, 2.24) is 9.97 Å². The van der Waals surface area contributed by atoms with Gasteiger partial charge in [-0.2, -0.15) is 4.98 Å². The highest BCUT2D eigenvalue weighted by atomic mass is 16.6. The van der Waals surface area contributed by atoms with Gasteiger partial charge in [0.25, 0.3) is 0 Å². The number of methoxy groups -OCH3 is 1. The molecule has 0 aliphatic rings. The number of aromatic nitrogens is 2. The molecule has 2 aromatic carbocycles. The number of rotatable bonds is 12. The van der Waals surface area contributed by atoms with Gasteiger partial charge in [-0.1, -0.05) is 0 Å². The largest absolute Gasteiger partial charge is 0.482 e. The van der Waals surface area contributed by atoms with Crippen LogP contribution in [0.15, 0.2) is 54.7 Å². The zero-order valence-electron chi connectivity index (χ0n) is 23.0. The van der Waals surface area contributed by atoms with Crippen molar-refractivity contribution >= 4 is 41.0 Å². The normalized spacial score (nSPS) is 10.7. The first-order valence-corrected chi connectivity index (χ1v) is 12.4. The van der Waals surface area contributed by atoms with Crippen LogP contribution >= 0.6 is 0 Å². The van der Waals surface area contributed by atoms with E-state index in [1.165, 1.54) is 13.3 Å². The van der Waals surface area contributed by atoms with Gasteiger partial charge in [0.15, 0.2) is 19.0 Å².